The van der Waals surface area contributed by atoms with Crippen molar-refractivity contribution in [2.75, 3.05) is 6.54 Å². The van der Waals surface area contributed by atoms with Crippen LogP contribution in [0, 0.1) is 5.41 Å². The Balaban J connectivity index is 1.86. The number of nitrogens with one attached hydrogen (secondary N) is 1. The standard InChI is InChI=1S/C9H15N/c1-3-8(4-1)7-10-9(8)5-2-6-9/h10H,1-7H2. The van der Waals surface area contributed by atoms with Crippen molar-refractivity contribution in [3.8, 4) is 0 Å². The van der Waals surface area contributed by atoms with E-state index in [1.807, 2.05) is 0 Å². The highest BCUT2D eigenvalue weighted by molar-refractivity contribution is 5.20. The number of hydrogen-bond donors (Lipinski definition) is 1. The van der Waals surface area contributed by atoms with Crippen LogP contribution in [0.4, 0.5) is 0 Å². The molecule has 0 unspecified atom stereocenters. The van der Waals surface area contributed by atoms with E-state index in [1.165, 1.54) is 45.1 Å². The van der Waals surface area contributed by atoms with E-state index in [9.17, 15) is 0 Å². The van der Waals surface area contributed by atoms with Gasteiger partial charge in [0, 0.05) is 17.5 Å². The Morgan fingerprint density at radius 1 is 0.900 bits per heavy atom. The first kappa shape index (κ1) is 5.59. The summed E-state index contributed by atoms with van der Waals surface area (Å²) in [6.45, 7) is 1.34. The summed E-state index contributed by atoms with van der Waals surface area (Å²) in [5, 5.41) is 3.65. The quantitative estimate of drug-likeness (QED) is 0.535. The van der Waals surface area contributed by atoms with Gasteiger partial charge in [-0.1, -0.05) is 6.42 Å². The van der Waals surface area contributed by atoms with Gasteiger partial charge in [-0.15, -0.1) is 0 Å². The van der Waals surface area contributed by atoms with Crippen LogP contribution in [0.5, 0.6) is 0 Å². The fourth-order valence-electron chi connectivity index (χ4n) is 3.08. The van der Waals surface area contributed by atoms with Gasteiger partial charge in [-0.05, 0) is 32.1 Å². The van der Waals surface area contributed by atoms with Crippen molar-refractivity contribution in [3.63, 3.8) is 0 Å². The highest BCUT2D eigenvalue weighted by Gasteiger charge is 2.63. The minimum absolute atomic E-state index is 0.686. The second kappa shape index (κ2) is 1.42. The Labute approximate surface area is 62.2 Å². The van der Waals surface area contributed by atoms with Crippen LogP contribution in [0.3, 0.4) is 0 Å². The smallest absolute Gasteiger partial charge is 0.0250 e. The van der Waals surface area contributed by atoms with Crippen molar-refractivity contribution in [1.29, 1.82) is 0 Å². The molecular weight excluding hydrogens is 122 g/mol. The molecule has 0 aromatic heterocycles. The Hall–Kier alpha value is -0.0400. The summed E-state index contributed by atoms with van der Waals surface area (Å²) in [4.78, 5) is 0. The third-order valence-corrected chi connectivity index (χ3v) is 4.30. The molecule has 2 saturated carbocycles. The van der Waals surface area contributed by atoms with Gasteiger partial charge in [0.15, 0.2) is 0 Å². The van der Waals surface area contributed by atoms with Gasteiger partial charge in [-0.25, -0.2) is 0 Å². The lowest BCUT2D eigenvalue weighted by Crippen LogP contribution is -2.77. The van der Waals surface area contributed by atoms with Crippen LogP contribution in [0.1, 0.15) is 38.5 Å². The van der Waals surface area contributed by atoms with Gasteiger partial charge >= 0.3 is 0 Å². The average Bonchev–Trinajstić information content (AvgIpc) is 1.51. The molecule has 0 atom stereocenters. The van der Waals surface area contributed by atoms with Crippen molar-refractivity contribution >= 4 is 0 Å². The van der Waals surface area contributed by atoms with E-state index in [1.54, 1.807) is 0 Å². The fourth-order valence-corrected chi connectivity index (χ4v) is 3.08. The van der Waals surface area contributed by atoms with Crippen LogP contribution >= 0.6 is 0 Å². The summed E-state index contributed by atoms with van der Waals surface area (Å²) < 4.78 is 0. The molecule has 0 radical (unpaired) electrons. The van der Waals surface area contributed by atoms with Crippen molar-refractivity contribution in [2.45, 2.75) is 44.1 Å². The van der Waals surface area contributed by atoms with Gasteiger partial charge < -0.3 is 5.32 Å². The molecule has 1 saturated heterocycles. The molecule has 1 aliphatic heterocycles. The molecule has 3 aliphatic rings. The number of hydrogen-bond acceptors (Lipinski definition) is 1. The predicted molar refractivity (Wildman–Crippen MR) is 40.9 cm³/mol. The molecule has 0 aromatic rings. The van der Waals surface area contributed by atoms with E-state index >= 15 is 0 Å². The van der Waals surface area contributed by atoms with Crippen molar-refractivity contribution in [1.82, 2.24) is 5.32 Å². The van der Waals surface area contributed by atoms with Crippen molar-refractivity contribution < 1.29 is 0 Å². The van der Waals surface area contributed by atoms with Crippen LogP contribution in [-0.2, 0) is 0 Å². The first-order valence-corrected chi connectivity index (χ1v) is 4.62. The molecular formula is C9H15N. The zero-order valence-corrected chi connectivity index (χ0v) is 6.45. The zero-order chi connectivity index (χ0) is 6.66. The van der Waals surface area contributed by atoms with Crippen LogP contribution < -0.4 is 5.32 Å². The van der Waals surface area contributed by atoms with Crippen LogP contribution in [0.2, 0.25) is 0 Å². The molecule has 2 spiro atoms. The molecule has 1 heterocycles. The van der Waals surface area contributed by atoms with Crippen LogP contribution in [0.25, 0.3) is 0 Å². The van der Waals surface area contributed by atoms with Crippen LogP contribution in [0.15, 0.2) is 0 Å². The van der Waals surface area contributed by atoms with E-state index < -0.39 is 0 Å². The lowest BCUT2D eigenvalue weighted by molar-refractivity contribution is -0.127. The fraction of sp³-hybridized carbons (Fsp3) is 1.00. The molecule has 1 heteroatoms. The minimum atomic E-state index is 0.686. The van der Waals surface area contributed by atoms with Gasteiger partial charge in [-0.3, -0.25) is 0 Å². The van der Waals surface area contributed by atoms with Gasteiger partial charge in [0.2, 0.25) is 0 Å². The summed E-state index contributed by atoms with van der Waals surface area (Å²) in [7, 11) is 0. The van der Waals surface area contributed by atoms with Crippen LogP contribution in [-0.4, -0.2) is 12.1 Å². The van der Waals surface area contributed by atoms with Crippen molar-refractivity contribution in [3.05, 3.63) is 0 Å². The Morgan fingerprint density at radius 3 is 1.70 bits per heavy atom. The highest BCUT2D eigenvalue weighted by Crippen LogP contribution is 2.61. The van der Waals surface area contributed by atoms with Gasteiger partial charge in [-0.2, -0.15) is 0 Å². The lowest BCUT2D eigenvalue weighted by atomic mass is 9.45. The molecule has 0 amide bonds. The zero-order valence-electron chi connectivity index (χ0n) is 6.45. The summed E-state index contributed by atoms with van der Waals surface area (Å²) in [5.74, 6) is 0. The first-order chi connectivity index (χ1) is 4.87. The van der Waals surface area contributed by atoms with Gasteiger partial charge in [0.25, 0.3) is 0 Å². The second-order valence-electron chi connectivity index (χ2n) is 4.42. The molecule has 2 aliphatic carbocycles. The summed E-state index contributed by atoms with van der Waals surface area (Å²) in [5.41, 5.74) is 1.51. The molecule has 1 N–H and O–H groups in total. The molecule has 0 bridgehead atoms. The topological polar surface area (TPSA) is 12.0 Å². The van der Waals surface area contributed by atoms with E-state index in [0.29, 0.717) is 5.54 Å². The first-order valence-electron chi connectivity index (χ1n) is 4.62. The summed E-state index contributed by atoms with van der Waals surface area (Å²) in [6, 6.07) is 0. The van der Waals surface area contributed by atoms with E-state index in [2.05, 4.69) is 5.32 Å². The average molecular weight is 137 g/mol. The maximum absolute atomic E-state index is 3.65. The maximum Gasteiger partial charge on any atom is 0.0250 e. The third kappa shape index (κ3) is 0.378. The monoisotopic (exact) mass is 137 g/mol. The third-order valence-electron chi connectivity index (χ3n) is 4.30. The summed E-state index contributed by atoms with van der Waals surface area (Å²) >= 11 is 0. The number of rotatable bonds is 0. The highest BCUT2D eigenvalue weighted by atomic mass is 15.1. The van der Waals surface area contributed by atoms with E-state index in [4.69, 9.17) is 0 Å². The lowest BCUT2D eigenvalue weighted by Gasteiger charge is -2.69. The van der Waals surface area contributed by atoms with E-state index in [-0.39, 0.29) is 0 Å². The Morgan fingerprint density at radius 2 is 1.60 bits per heavy atom. The molecule has 3 fully saturated rings. The molecule has 1 nitrogen and oxygen atoms in total. The second-order valence-corrected chi connectivity index (χ2v) is 4.42. The minimum Gasteiger partial charge on any atom is -0.310 e. The molecule has 3 rings (SSSR count). The SMILES string of the molecule is C1CC2(C1)CNC21CCC1. The van der Waals surface area contributed by atoms with Crippen molar-refractivity contribution in [2.24, 2.45) is 5.41 Å². The van der Waals surface area contributed by atoms with Gasteiger partial charge in [0.1, 0.15) is 0 Å². The maximum atomic E-state index is 3.65. The molecule has 0 aromatic carbocycles. The molecule has 10 heavy (non-hydrogen) atoms. The summed E-state index contributed by atoms with van der Waals surface area (Å²) in [6.07, 6.45) is 9.00. The van der Waals surface area contributed by atoms with E-state index in [0.717, 1.165) is 5.41 Å². The Bertz CT molecular complexity index is 135. The van der Waals surface area contributed by atoms with Gasteiger partial charge in [0.05, 0.1) is 0 Å². The largest absolute Gasteiger partial charge is 0.310 e. The number of fused-ring (bicyclic) bond motifs is 1. The predicted octanol–water partition coefficient (Wildman–Crippen LogP) is 1.68. The Kier molecular flexibility index (Phi) is 0.797. The molecule has 56 valence electrons. The normalized spacial score (nSPS) is 38.4.